The Morgan fingerprint density at radius 2 is 1.89 bits per heavy atom. The van der Waals surface area contributed by atoms with E-state index in [9.17, 15) is 13.6 Å². The van der Waals surface area contributed by atoms with Crippen molar-refractivity contribution in [2.45, 2.75) is 59.9 Å². The summed E-state index contributed by atoms with van der Waals surface area (Å²) in [5.74, 6) is -2.47. The molecule has 0 saturated carbocycles. The van der Waals surface area contributed by atoms with E-state index in [-0.39, 0.29) is 16.7 Å². The molecule has 5 nitrogen and oxygen atoms in total. The first kappa shape index (κ1) is 21.9. The van der Waals surface area contributed by atoms with Gasteiger partial charge >= 0.3 is 0 Å². The molecule has 27 heavy (non-hydrogen) atoms. The lowest BCUT2D eigenvalue weighted by molar-refractivity contribution is -0.121. The van der Waals surface area contributed by atoms with Gasteiger partial charge in [-0.15, -0.1) is 10.2 Å². The molecule has 0 aliphatic carbocycles. The molecule has 148 valence electrons. The van der Waals surface area contributed by atoms with Gasteiger partial charge in [0.15, 0.2) is 4.34 Å². The third kappa shape index (κ3) is 7.27. The normalized spacial score (nSPS) is 12.9. The molecule has 0 aliphatic heterocycles. The van der Waals surface area contributed by atoms with Crippen molar-refractivity contribution >= 4 is 51.6 Å². The van der Waals surface area contributed by atoms with Crippen molar-refractivity contribution in [1.29, 1.82) is 0 Å². The number of nitrogens with one attached hydrogen (secondary N) is 2. The van der Waals surface area contributed by atoms with Gasteiger partial charge in [-0.2, -0.15) is 8.78 Å². The molecule has 0 fully saturated rings. The lowest BCUT2D eigenvalue weighted by atomic mass is 10.0. The van der Waals surface area contributed by atoms with Gasteiger partial charge in [0.25, 0.3) is 5.76 Å². The molecule has 0 saturated heterocycles. The molecule has 1 atom stereocenters. The minimum Gasteiger partial charge on any atom is -0.350 e. The Hall–Kier alpha value is -1.39. The van der Waals surface area contributed by atoms with Gasteiger partial charge in [-0.05, 0) is 51.5 Å². The molecular weight excluding hydrogens is 410 g/mol. The van der Waals surface area contributed by atoms with Gasteiger partial charge in [-0.25, -0.2) is 0 Å². The summed E-state index contributed by atoms with van der Waals surface area (Å²) in [6.07, 6.45) is 0.845. The summed E-state index contributed by atoms with van der Waals surface area (Å²) in [6.45, 7) is 7.83. The van der Waals surface area contributed by atoms with Gasteiger partial charge in [0, 0.05) is 16.1 Å². The Bertz CT molecular complexity index is 753. The zero-order valence-electron chi connectivity index (χ0n) is 15.5. The summed E-state index contributed by atoms with van der Waals surface area (Å²) in [6, 6.07) is 6.67. The van der Waals surface area contributed by atoms with Crippen LogP contribution in [-0.4, -0.2) is 32.7 Å². The number of anilines is 2. The van der Waals surface area contributed by atoms with Gasteiger partial charge < -0.3 is 10.6 Å². The summed E-state index contributed by atoms with van der Waals surface area (Å²) in [5.41, 5.74) is 0.492. The van der Waals surface area contributed by atoms with Gasteiger partial charge in [0.2, 0.25) is 11.0 Å². The van der Waals surface area contributed by atoms with E-state index < -0.39 is 5.76 Å². The van der Waals surface area contributed by atoms with E-state index in [2.05, 4.69) is 20.8 Å². The maximum Gasteiger partial charge on any atom is 0.288 e. The summed E-state index contributed by atoms with van der Waals surface area (Å²) in [5, 5.41) is 14.6. The van der Waals surface area contributed by atoms with Crippen molar-refractivity contribution in [1.82, 2.24) is 15.5 Å². The number of carbonyl (C=O) groups is 1. The Morgan fingerprint density at radius 3 is 2.48 bits per heavy atom. The lowest BCUT2D eigenvalue weighted by Gasteiger charge is -2.26. The van der Waals surface area contributed by atoms with Gasteiger partial charge in [-0.1, -0.05) is 41.8 Å². The Morgan fingerprint density at radius 1 is 1.22 bits per heavy atom. The number of rotatable bonds is 9. The molecule has 0 aliphatic rings. The maximum absolute atomic E-state index is 12.3. The van der Waals surface area contributed by atoms with Crippen molar-refractivity contribution in [2.75, 3.05) is 5.32 Å². The molecule has 2 rings (SSSR count). The lowest BCUT2D eigenvalue weighted by Crippen LogP contribution is -2.46. The van der Waals surface area contributed by atoms with Crippen LogP contribution in [0.2, 0.25) is 0 Å². The fraction of sp³-hybridized carbons (Fsp3) is 0.471. The number of carbonyl (C=O) groups excluding carboxylic acids is 1. The highest BCUT2D eigenvalue weighted by Gasteiger charge is 2.23. The Kier molecular flexibility index (Phi) is 7.87. The van der Waals surface area contributed by atoms with E-state index in [1.807, 2.05) is 27.7 Å². The molecule has 1 heterocycles. The van der Waals surface area contributed by atoms with Crippen LogP contribution < -0.4 is 10.6 Å². The first-order valence-electron chi connectivity index (χ1n) is 8.32. The van der Waals surface area contributed by atoms with Gasteiger partial charge in [0.05, 0.1) is 5.25 Å². The predicted octanol–water partition coefficient (Wildman–Crippen LogP) is 5.38. The number of hydrogen-bond acceptors (Lipinski definition) is 7. The second-order valence-electron chi connectivity index (χ2n) is 6.39. The van der Waals surface area contributed by atoms with Crippen LogP contribution in [0.25, 0.3) is 0 Å². The van der Waals surface area contributed by atoms with E-state index in [4.69, 9.17) is 0 Å². The van der Waals surface area contributed by atoms with Crippen molar-refractivity contribution in [2.24, 2.45) is 0 Å². The molecule has 1 amide bonds. The average Bonchev–Trinajstić information content (AvgIpc) is 3.02. The molecule has 2 N–H and O–H groups in total. The monoisotopic (exact) mass is 432 g/mol. The van der Waals surface area contributed by atoms with E-state index in [0.29, 0.717) is 26.1 Å². The second kappa shape index (κ2) is 9.70. The van der Waals surface area contributed by atoms with Crippen LogP contribution >= 0.6 is 34.9 Å². The van der Waals surface area contributed by atoms with Gasteiger partial charge in [0.1, 0.15) is 0 Å². The molecule has 1 aromatic carbocycles. The van der Waals surface area contributed by atoms with Crippen molar-refractivity contribution in [3.05, 3.63) is 24.3 Å². The topological polar surface area (TPSA) is 66.9 Å². The summed E-state index contributed by atoms with van der Waals surface area (Å²) < 4.78 is 25.4. The molecular formula is C17H22F2N4OS3. The summed E-state index contributed by atoms with van der Waals surface area (Å²) in [4.78, 5) is 12.8. The zero-order chi connectivity index (χ0) is 20.0. The van der Waals surface area contributed by atoms with Crippen molar-refractivity contribution in [3.8, 4) is 0 Å². The number of amides is 1. The maximum atomic E-state index is 12.3. The Labute approximate surface area is 170 Å². The number of thioether (sulfide) groups is 2. The minimum absolute atomic E-state index is 0.0383. The number of halogens is 2. The van der Waals surface area contributed by atoms with Crippen LogP contribution in [0.15, 0.2) is 33.5 Å². The standard InChI is InChI=1S/C17H22F2N4OS3/c1-5-17(3,4)21-13(24)10(2)25-16-23-22-15(27-16)20-11-6-8-12(9-7-11)26-14(18)19/h6-10,14H,5H2,1-4H3,(H,20,22)(H,21,24). The Balaban J connectivity index is 1.91. The predicted molar refractivity (Wildman–Crippen MR) is 109 cm³/mol. The smallest absolute Gasteiger partial charge is 0.288 e. The highest BCUT2D eigenvalue weighted by Crippen LogP contribution is 2.32. The van der Waals surface area contributed by atoms with Crippen LogP contribution in [0.1, 0.15) is 34.1 Å². The summed E-state index contributed by atoms with van der Waals surface area (Å²) in [7, 11) is 0. The molecule has 0 radical (unpaired) electrons. The van der Waals surface area contributed by atoms with Crippen LogP contribution in [0.4, 0.5) is 19.6 Å². The number of hydrogen-bond donors (Lipinski definition) is 2. The van der Waals surface area contributed by atoms with Crippen molar-refractivity contribution < 1.29 is 13.6 Å². The third-order valence-corrected chi connectivity index (χ3v) is 6.47. The van der Waals surface area contributed by atoms with Crippen LogP contribution in [0, 0.1) is 0 Å². The van der Waals surface area contributed by atoms with Crippen molar-refractivity contribution in [3.63, 3.8) is 0 Å². The molecule has 10 heteroatoms. The number of alkyl halides is 2. The fourth-order valence-electron chi connectivity index (χ4n) is 1.88. The second-order valence-corrected chi connectivity index (χ2v) is 10.0. The third-order valence-electron chi connectivity index (χ3n) is 3.73. The highest BCUT2D eigenvalue weighted by atomic mass is 32.2. The van der Waals surface area contributed by atoms with E-state index in [1.54, 1.807) is 24.3 Å². The number of aromatic nitrogens is 2. The van der Waals surface area contributed by atoms with E-state index in [0.717, 1.165) is 12.1 Å². The van der Waals surface area contributed by atoms with E-state index in [1.165, 1.54) is 23.1 Å². The number of nitrogens with zero attached hydrogens (tertiary/aromatic N) is 2. The molecule has 0 spiro atoms. The van der Waals surface area contributed by atoms with Crippen LogP contribution in [-0.2, 0) is 4.79 Å². The SMILES string of the molecule is CCC(C)(C)NC(=O)C(C)Sc1nnc(Nc2ccc(SC(F)F)cc2)s1. The number of benzene rings is 1. The fourth-order valence-corrected chi connectivity index (χ4v) is 4.29. The molecule has 2 aromatic rings. The van der Waals surface area contributed by atoms with Gasteiger partial charge in [-0.3, -0.25) is 4.79 Å². The average molecular weight is 433 g/mol. The largest absolute Gasteiger partial charge is 0.350 e. The first-order valence-corrected chi connectivity index (χ1v) is 10.9. The van der Waals surface area contributed by atoms with E-state index >= 15 is 0 Å². The van der Waals surface area contributed by atoms with Crippen LogP contribution in [0.3, 0.4) is 0 Å². The quantitative estimate of drug-likeness (QED) is 0.519. The minimum atomic E-state index is -2.44. The molecule has 1 aromatic heterocycles. The van der Waals surface area contributed by atoms with Crippen LogP contribution in [0.5, 0.6) is 0 Å². The zero-order valence-corrected chi connectivity index (χ0v) is 17.9. The molecule has 0 bridgehead atoms. The first-order chi connectivity index (χ1) is 12.7. The summed E-state index contributed by atoms with van der Waals surface area (Å²) >= 11 is 3.19. The highest BCUT2D eigenvalue weighted by molar-refractivity contribution is 8.02. The molecule has 1 unspecified atom stereocenters.